The van der Waals surface area contributed by atoms with Gasteiger partial charge in [-0.15, -0.1) is 0 Å². The van der Waals surface area contributed by atoms with E-state index in [1.54, 1.807) is 19.3 Å². The van der Waals surface area contributed by atoms with Gasteiger partial charge in [0.2, 0.25) is 5.91 Å². The van der Waals surface area contributed by atoms with Crippen molar-refractivity contribution in [1.82, 2.24) is 5.32 Å². The number of benzene rings is 1. The van der Waals surface area contributed by atoms with Crippen molar-refractivity contribution < 1.29 is 23.1 Å². The van der Waals surface area contributed by atoms with Crippen molar-refractivity contribution in [2.75, 3.05) is 14.2 Å². The standard InChI is InChI=1S/C17H20FNO4/c1-11(19-17(20)7-6-12-5-4-8-23-12)13-9-15(21-2)16(22-3)10-14(13)18/h4-5,8-11H,6-7H2,1-3H3,(H,19,20)/t11-/m1/s1. The summed E-state index contributed by atoms with van der Waals surface area (Å²) in [5, 5.41) is 2.77. The lowest BCUT2D eigenvalue weighted by Gasteiger charge is -2.17. The molecule has 23 heavy (non-hydrogen) atoms. The number of amides is 1. The van der Waals surface area contributed by atoms with Crippen molar-refractivity contribution in [3.8, 4) is 11.5 Å². The third-order valence-corrected chi connectivity index (χ3v) is 3.53. The van der Waals surface area contributed by atoms with Crippen molar-refractivity contribution in [3.63, 3.8) is 0 Å². The molecule has 0 fully saturated rings. The third-order valence-electron chi connectivity index (χ3n) is 3.53. The molecule has 1 aromatic carbocycles. The summed E-state index contributed by atoms with van der Waals surface area (Å²) in [6, 6.07) is 5.88. The lowest BCUT2D eigenvalue weighted by Crippen LogP contribution is -2.27. The molecule has 0 bridgehead atoms. The molecule has 0 spiro atoms. The van der Waals surface area contributed by atoms with Gasteiger partial charge in [-0.25, -0.2) is 4.39 Å². The fraction of sp³-hybridized carbons (Fsp3) is 0.353. The molecule has 1 amide bonds. The fourth-order valence-corrected chi connectivity index (χ4v) is 2.28. The third kappa shape index (κ3) is 4.25. The molecule has 2 rings (SSSR count). The van der Waals surface area contributed by atoms with E-state index in [2.05, 4.69) is 5.32 Å². The smallest absolute Gasteiger partial charge is 0.220 e. The van der Waals surface area contributed by atoms with Gasteiger partial charge in [0, 0.05) is 24.5 Å². The molecule has 0 aliphatic carbocycles. The maximum atomic E-state index is 14.2. The van der Waals surface area contributed by atoms with E-state index in [0.29, 0.717) is 23.5 Å². The Hall–Kier alpha value is -2.50. The summed E-state index contributed by atoms with van der Waals surface area (Å²) in [7, 11) is 2.92. The summed E-state index contributed by atoms with van der Waals surface area (Å²) in [5.74, 6) is 0.834. The second-order valence-corrected chi connectivity index (χ2v) is 5.10. The van der Waals surface area contributed by atoms with Gasteiger partial charge in [-0.3, -0.25) is 4.79 Å². The van der Waals surface area contributed by atoms with Crippen molar-refractivity contribution in [3.05, 3.63) is 47.7 Å². The van der Waals surface area contributed by atoms with Gasteiger partial charge in [-0.2, -0.15) is 0 Å². The minimum Gasteiger partial charge on any atom is -0.493 e. The van der Waals surface area contributed by atoms with Gasteiger partial charge >= 0.3 is 0 Å². The largest absolute Gasteiger partial charge is 0.493 e. The molecule has 0 saturated carbocycles. The summed E-state index contributed by atoms with van der Waals surface area (Å²) in [6.45, 7) is 1.72. The molecule has 5 nitrogen and oxygen atoms in total. The van der Waals surface area contributed by atoms with Gasteiger partial charge in [0.15, 0.2) is 11.5 Å². The van der Waals surface area contributed by atoms with Crippen molar-refractivity contribution in [2.45, 2.75) is 25.8 Å². The number of furan rings is 1. The highest BCUT2D eigenvalue weighted by molar-refractivity contribution is 5.76. The Bertz CT molecular complexity index is 655. The maximum Gasteiger partial charge on any atom is 0.220 e. The lowest BCUT2D eigenvalue weighted by molar-refractivity contribution is -0.121. The first-order chi connectivity index (χ1) is 11.0. The first kappa shape index (κ1) is 16.9. The van der Waals surface area contributed by atoms with Gasteiger partial charge in [0.05, 0.1) is 26.5 Å². The van der Waals surface area contributed by atoms with Gasteiger partial charge in [-0.1, -0.05) is 0 Å². The predicted octanol–water partition coefficient (Wildman–Crippen LogP) is 3.25. The van der Waals surface area contributed by atoms with E-state index in [9.17, 15) is 9.18 Å². The molecule has 2 aromatic rings. The number of nitrogens with one attached hydrogen (secondary N) is 1. The second-order valence-electron chi connectivity index (χ2n) is 5.10. The van der Waals surface area contributed by atoms with E-state index in [-0.39, 0.29) is 12.3 Å². The van der Waals surface area contributed by atoms with Crippen LogP contribution in [0.25, 0.3) is 0 Å². The highest BCUT2D eigenvalue weighted by atomic mass is 19.1. The van der Waals surface area contributed by atoms with Crippen LogP contribution in [-0.2, 0) is 11.2 Å². The van der Waals surface area contributed by atoms with E-state index < -0.39 is 11.9 Å². The SMILES string of the molecule is COc1cc(F)c([C@@H](C)NC(=O)CCc2ccco2)cc1OC. The Kier molecular flexibility index (Phi) is 5.62. The van der Waals surface area contributed by atoms with Crippen LogP contribution >= 0.6 is 0 Å². The first-order valence-corrected chi connectivity index (χ1v) is 7.28. The van der Waals surface area contributed by atoms with E-state index in [1.165, 1.54) is 26.4 Å². The minimum absolute atomic E-state index is 0.178. The predicted molar refractivity (Wildman–Crippen MR) is 83.1 cm³/mol. The molecule has 0 radical (unpaired) electrons. The van der Waals surface area contributed by atoms with Crippen LogP contribution in [0.5, 0.6) is 11.5 Å². The van der Waals surface area contributed by atoms with Gasteiger partial charge < -0.3 is 19.2 Å². The van der Waals surface area contributed by atoms with Crippen molar-refractivity contribution >= 4 is 5.91 Å². The number of rotatable bonds is 7. The van der Waals surface area contributed by atoms with Crippen LogP contribution in [-0.4, -0.2) is 20.1 Å². The number of carbonyl (C=O) groups is 1. The Morgan fingerprint density at radius 2 is 2.00 bits per heavy atom. The Labute approximate surface area is 134 Å². The molecule has 1 aromatic heterocycles. The van der Waals surface area contributed by atoms with E-state index in [0.717, 1.165) is 5.76 Å². The fourth-order valence-electron chi connectivity index (χ4n) is 2.28. The summed E-state index contributed by atoms with van der Waals surface area (Å²) in [6.07, 6.45) is 2.33. The van der Waals surface area contributed by atoms with Gasteiger partial charge in [0.1, 0.15) is 11.6 Å². The summed E-state index contributed by atoms with van der Waals surface area (Å²) < 4.78 is 29.6. The Balaban J connectivity index is 2.02. The topological polar surface area (TPSA) is 60.7 Å². The zero-order valence-corrected chi connectivity index (χ0v) is 13.4. The zero-order chi connectivity index (χ0) is 16.8. The molecular weight excluding hydrogens is 301 g/mol. The molecule has 0 saturated heterocycles. The molecule has 0 aliphatic rings. The van der Waals surface area contributed by atoms with E-state index >= 15 is 0 Å². The molecular formula is C17H20FNO4. The molecule has 1 N–H and O–H groups in total. The van der Waals surface area contributed by atoms with Crippen LogP contribution in [0.4, 0.5) is 4.39 Å². The number of hydrogen-bond donors (Lipinski definition) is 1. The van der Waals surface area contributed by atoms with Crippen molar-refractivity contribution in [2.24, 2.45) is 0 Å². The lowest BCUT2D eigenvalue weighted by atomic mass is 10.1. The summed E-state index contributed by atoms with van der Waals surface area (Å²) in [5.41, 5.74) is 0.342. The van der Waals surface area contributed by atoms with Crippen LogP contribution in [0.15, 0.2) is 34.9 Å². The molecule has 6 heteroatoms. The Morgan fingerprint density at radius 3 is 2.61 bits per heavy atom. The highest BCUT2D eigenvalue weighted by Crippen LogP contribution is 2.32. The number of methoxy groups -OCH3 is 2. The van der Waals surface area contributed by atoms with Gasteiger partial charge in [0.25, 0.3) is 0 Å². The van der Waals surface area contributed by atoms with Crippen LogP contribution in [0.3, 0.4) is 0 Å². The second kappa shape index (κ2) is 7.67. The average molecular weight is 321 g/mol. The number of halogens is 1. The first-order valence-electron chi connectivity index (χ1n) is 7.28. The molecule has 124 valence electrons. The maximum absolute atomic E-state index is 14.2. The van der Waals surface area contributed by atoms with E-state index in [1.807, 2.05) is 6.07 Å². The van der Waals surface area contributed by atoms with E-state index in [4.69, 9.17) is 13.9 Å². The highest BCUT2D eigenvalue weighted by Gasteiger charge is 2.18. The minimum atomic E-state index is -0.487. The normalized spacial score (nSPS) is 11.8. The van der Waals surface area contributed by atoms with Gasteiger partial charge in [-0.05, 0) is 25.1 Å². The molecule has 0 unspecified atom stereocenters. The molecule has 0 aliphatic heterocycles. The Morgan fingerprint density at radius 1 is 1.30 bits per heavy atom. The summed E-state index contributed by atoms with van der Waals surface area (Å²) in [4.78, 5) is 12.0. The quantitative estimate of drug-likeness (QED) is 0.850. The molecule has 1 heterocycles. The van der Waals surface area contributed by atoms with Crippen LogP contribution < -0.4 is 14.8 Å². The summed E-state index contributed by atoms with van der Waals surface area (Å²) >= 11 is 0. The number of aryl methyl sites for hydroxylation is 1. The number of hydrogen-bond acceptors (Lipinski definition) is 4. The zero-order valence-electron chi connectivity index (χ0n) is 13.4. The number of carbonyl (C=O) groups excluding carboxylic acids is 1. The van der Waals surface area contributed by atoms with Crippen LogP contribution in [0.2, 0.25) is 0 Å². The monoisotopic (exact) mass is 321 g/mol. The average Bonchev–Trinajstić information content (AvgIpc) is 3.05. The van der Waals surface area contributed by atoms with Crippen LogP contribution in [0, 0.1) is 5.82 Å². The van der Waals surface area contributed by atoms with Crippen LogP contribution in [0.1, 0.15) is 30.7 Å². The molecule has 1 atom stereocenters. The number of ether oxygens (including phenoxy) is 2. The van der Waals surface area contributed by atoms with Crippen molar-refractivity contribution in [1.29, 1.82) is 0 Å².